The minimum atomic E-state index is -0.488. The van der Waals surface area contributed by atoms with Gasteiger partial charge >= 0.3 is 0 Å². The van der Waals surface area contributed by atoms with Crippen LogP contribution in [0.15, 0.2) is 29.2 Å². The molecule has 0 aliphatic carbocycles. The number of rotatable bonds is 3. The molecule has 1 aromatic rings. The number of thioether (sulfide) groups is 1. The van der Waals surface area contributed by atoms with Gasteiger partial charge in [0.15, 0.2) is 0 Å². The fourth-order valence-electron chi connectivity index (χ4n) is 1.69. The van der Waals surface area contributed by atoms with Crippen LogP contribution in [0.4, 0.5) is 0 Å². The highest BCUT2D eigenvalue weighted by molar-refractivity contribution is 8.01. The van der Waals surface area contributed by atoms with E-state index in [4.69, 9.17) is 5.11 Å². The van der Waals surface area contributed by atoms with E-state index in [0.717, 1.165) is 6.42 Å². The summed E-state index contributed by atoms with van der Waals surface area (Å²) in [6.07, 6.45) is 0.296. The Labute approximate surface area is 99.2 Å². The predicted octanol–water partition coefficient (Wildman–Crippen LogP) is 1.20. The minimum Gasteiger partial charge on any atom is -0.392 e. The second-order valence-corrected chi connectivity index (χ2v) is 5.26. The zero-order valence-corrected chi connectivity index (χ0v) is 9.96. The Kier molecular flexibility index (Phi) is 3.51. The third-order valence-corrected chi connectivity index (χ3v) is 3.83. The van der Waals surface area contributed by atoms with Crippen molar-refractivity contribution in [3.63, 3.8) is 0 Å². The number of amides is 1. The first kappa shape index (κ1) is 11.5. The lowest BCUT2D eigenvalue weighted by Crippen LogP contribution is -2.36. The van der Waals surface area contributed by atoms with Gasteiger partial charge < -0.3 is 10.4 Å². The summed E-state index contributed by atoms with van der Waals surface area (Å²) in [6, 6.07) is 8.09. The molecule has 1 aliphatic rings. The van der Waals surface area contributed by atoms with Gasteiger partial charge in [0.1, 0.15) is 0 Å². The molecule has 0 radical (unpaired) electrons. The number of aliphatic hydroxyl groups is 1. The molecular formula is C12H15NO2S. The van der Waals surface area contributed by atoms with E-state index < -0.39 is 6.10 Å². The van der Waals surface area contributed by atoms with Gasteiger partial charge in [-0.25, -0.2) is 0 Å². The lowest BCUT2D eigenvalue weighted by Gasteiger charge is -2.10. The van der Waals surface area contributed by atoms with Crippen molar-refractivity contribution in [1.82, 2.24) is 5.32 Å². The summed E-state index contributed by atoms with van der Waals surface area (Å²) >= 11 is 1.60. The average Bonchev–Trinajstić information content (AvgIpc) is 2.69. The molecule has 0 saturated heterocycles. The summed E-state index contributed by atoms with van der Waals surface area (Å²) in [5.74, 6) is 0.0158. The molecule has 1 aliphatic heterocycles. The lowest BCUT2D eigenvalue weighted by atomic mass is 10.1. The summed E-state index contributed by atoms with van der Waals surface area (Å²) in [4.78, 5) is 13.0. The standard InChI is InChI=1S/C12H15NO2S/c1-8(14)7-13-12(15)11-6-9-4-2-3-5-10(9)16-11/h2-5,8,11,14H,6-7H2,1H3,(H,13,15). The first-order chi connectivity index (χ1) is 7.66. The van der Waals surface area contributed by atoms with Crippen molar-refractivity contribution in [1.29, 1.82) is 0 Å². The van der Waals surface area contributed by atoms with Crippen molar-refractivity contribution in [3.8, 4) is 0 Å². The Morgan fingerprint density at radius 1 is 1.62 bits per heavy atom. The van der Waals surface area contributed by atoms with Crippen LogP contribution in [0.25, 0.3) is 0 Å². The molecule has 0 spiro atoms. The van der Waals surface area contributed by atoms with Crippen LogP contribution in [0.5, 0.6) is 0 Å². The molecule has 2 rings (SSSR count). The highest BCUT2D eigenvalue weighted by atomic mass is 32.2. The van der Waals surface area contributed by atoms with Crippen molar-refractivity contribution < 1.29 is 9.90 Å². The minimum absolute atomic E-state index is 0.0158. The number of carbonyl (C=O) groups excluding carboxylic acids is 1. The lowest BCUT2D eigenvalue weighted by molar-refractivity contribution is -0.120. The summed E-state index contributed by atoms with van der Waals surface area (Å²) in [5, 5.41) is 11.8. The predicted molar refractivity (Wildman–Crippen MR) is 64.5 cm³/mol. The Balaban J connectivity index is 1.93. The molecule has 0 aromatic heterocycles. The molecule has 1 heterocycles. The van der Waals surface area contributed by atoms with Gasteiger partial charge in [-0.2, -0.15) is 0 Å². The monoisotopic (exact) mass is 237 g/mol. The van der Waals surface area contributed by atoms with Gasteiger partial charge in [-0.15, -0.1) is 11.8 Å². The fourth-order valence-corrected chi connectivity index (χ4v) is 2.91. The van der Waals surface area contributed by atoms with Crippen molar-refractivity contribution in [3.05, 3.63) is 29.8 Å². The first-order valence-electron chi connectivity index (χ1n) is 5.37. The highest BCUT2D eigenvalue weighted by Gasteiger charge is 2.27. The smallest absolute Gasteiger partial charge is 0.233 e. The molecule has 2 atom stereocenters. The maximum Gasteiger partial charge on any atom is 0.233 e. The van der Waals surface area contributed by atoms with Crippen molar-refractivity contribution >= 4 is 17.7 Å². The van der Waals surface area contributed by atoms with Gasteiger partial charge in [0.05, 0.1) is 11.4 Å². The molecule has 4 heteroatoms. The van der Waals surface area contributed by atoms with Gasteiger partial charge in [-0.3, -0.25) is 4.79 Å². The molecule has 2 N–H and O–H groups in total. The van der Waals surface area contributed by atoms with Crippen LogP contribution in [0.3, 0.4) is 0 Å². The van der Waals surface area contributed by atoms with Gasteiger partial charge in [0.2, 0.25) is 5.91 Å². The van der Waals surface area contributed by atoms with E-state index in [1.54, 1.807) is 18.7 Å². The van der Waals surface area contributed by atoms with E-state index in [1.165, 1.54) is 10.5 Å². The van der Waals surface area contributed by atoms with Crippen LogP contribution in [0, 0.1) is 0 Å². The van der Waals surface area contributed by atoms with Crippen LogP contribution in [0.1, 0.15) is 12.5 Å². The zero-order chi connectivity index (χ0) is 11.5. The molecule has 1 aromatic carbocycles. The fraction of sp³-hybridized carbons (Fsp3) is 0.417. The van der Waals surface area contributed by atoms with Crippen molar-refractivity contribution in [2.24, 2.45) is 0 Å². The average molecular weight is 237 g/mol. The topological polar surface area (TPSA) is 49.3 Å². The van der Waals surface area contributed by atoms with E-state index in [9.17, 15) is 4.79 Å². The number of carbonyl (C=O) groups is 1. The van der Waals surface area contributed by atoms with Crippen LogP contribution < -0.4 is 5.32 Å². The zero-order valence-electron chi connectivity index (χ0n) is 9.14. The van der Waals surface area contributed by atoms with Gasteiger partial charge in [-0.05, 0) is 25.0 Å². The maximum absolute atomic E-state index is 11.8. The Hall–Kier alpha value is -1.00. The third kappa shape index (κ3) is 2.57. The molecule has 86 valence electrons. The van der Waals surface area contributed by atoms with Gasteiger partial charge in [0, 0.05) is 11.4 Å². The molecular weight excluding hydrogens is 222 g/mol. The number of benzene rings is 1. The SMILES string of the molecule is CC(O)CNC(=O)C1Cc2ccccc2S1. The molecule has 3 nitrogen and oxygen atoms in total. The van der Waals surface area contributed by atoms with Crippen LogP contribution in [-0.2, 0) is 11.2 Å². The van der Waals surface area contributed by atoms with E-state index in [-0.39, 0.29) is 11.2 Å². The number of hydrogen-bond acceptors (Lipinski definition) is 3. The largest absolute Gasteiger partial charge is 0.392 e. The Bertz CT molecular complexity index is 367. The maximum atomic E-state index is 11.8. The Morgan fingerprint density at radius 3 is 3.06 bits per heavy atom. The molecule has 2 unspecified atom stereocenters. The van der Waals surface area contributed by atoms with E-state index in [2.05, 4.69) is 11.4 Å². The summed E-state index contributed by atoms with van der Waals surface area (Å²) in [5.41, 5.74) is 1.24. The van der Waals surface area contributed by atoms with Crippen LogP contribution in [0.2, 0.25) is 0 Å². The van der Waals surface area contributed by atoms with Crippen molar-refractivity contribution in [2.75, 3.05) is 6.54 Å². The van der Waals surface area contributed by atoms with Crippen LogP contribution >= 0.6 is 11.8 Å². The number of hydrogen-bond donors (Lipinski definition) is 2. The van der Waals surface area contributed by atoms with E-state index >= 15 is 0 Å². The van der Waals surface area contributed by atoms with Crippen molar-refractivity contribution in [2.45, 2.75) is 29.6 Å². The highest BCUT2D eigenvalue weighted by Crippen LogP contribution is 2.36. The summed E-state index contributed by atoms with van der Waals surface area (Å²) in [7, 11) is 0. The summed E-state index contributed by atoms with van der Waals surface area (Å²) < 4.78 is 0. The van der Waals surface area contributed by atoms with Crippen LogP contribution in [-0.4, -0.2) is 28.9 Å². The van der Waals surface area contributed by atoms with Gasteiger partial charge in [0.25, 0.3) is 0 Å². The van der Waals surface area contributed by atoms with E-state index in [0.29, 0.717) is 6.54 Å². The summed E-state index contributed by atoms with van der Waals surface area (Å²) in [6.45, 7) is 1.99. The normalized spacial score (nSPS) is 20.2. The second-order valence-electron chi connectivity index (χ2n) is 4.01. The second kappa shape index (κ2) is 4.89. The van der Waals surface area contributed by atoms with Gasteiger partial charge in [-0.1, -0.05) is 18.2 Å². The van der Waals surface area contributed by atoms with E-state index in [1.807, 2.05) is 18.2 Å². The molecule has 16 heavy (non-hydrogen) atoms. The molecule has 0 bridgehead atoms. The Morgan fingerprint density at radius 2 is 2.38 bits per heavy atom. The number of fused-ring (bicyclic) bond motifs is 1. The molecule has 0 fully saturated rings. The third-order valence-electron chi connectivity index (χ3n) is 2.51. The first-order valence-corrected chi connectivity index (χ1v) is 6.25. The molecule has 0 saturated carbocycles. The quantitative estimate of drug-likeness (QED) is 0.830. The number of aliphatic hydroxyl groups excluding tert-OH is 1. The molecule has 1 amide bonds. The number of nitrogens with one attached hydrogen (secondary N) is 1.